The average Bonchev–Trinajstić information content (AvgIpc) is 3.19. The minimum atomic E-state index is -1.28. The van der Waals surface area contributed by atoms with Crippen molar-refractivity contribution in [3.8, 4) is 11.1 Å². The summed E-state index contributed by atoms with van der Waals surface area (Å²) < 4.78 is 16.1. The maximum Gasteiger partial charge on any atom is 0.407 e. The van der Waals surface area contributed by atoms with Gasteiger partial charge in [-0.25, -0.2) is 9.59 Å². The van der Waals surface area contributed by atoms with Crippen LogP contribution in [0.4, 0.5) is 4.79 Å². The summed E-state index contributed by atoms with van der Waals surface area (Å²) in [7, 11) is 0. The first kappa shape index (κ1) is 24.7. The average molecular weight is 483 g/mol. The van der Waals surface area contributed by atoms with Gasteiger partial charge in [0.25, 0.3) is 0 Å². The molecule has 0 unspecified atom stereocenters. The predicted octanol–water partition coefficient (Wildman–Crippen LogP) is 2.68. The number of nitrogens with one attached hydrogen (secondary N) is 2. The number of aliphatic carboxylic acids is 1. The van der Waals surface area contributed by atoms with Gasteiger partial charge in [-0.1, -0.05) is 48.5 Å². The van der Waals surface area contributed by atoms with E-state index in [2.05, 4.69) is 34.9 Å². The quantitative estimate of drug-likeness (QED) is 0.445. The molecule has 1 heterocycles. The molecule has 2 aliphatic rings. The molecule has 9 nitrogen and oxygen atoms in total. The van der Waals surface area contributed by atoms with E-state index < -0.39 is 23.5 Å². The zero-order valence-corrected chi connectivity index (χ0v) is 19.5. The molecule has 9 heteroatoms. The fraction of sp³-hybridized carbons (Fsp3) is 0.423. The van der Waals surface area contributed by atoms with E-state index in [0.29, 0.717) is 13.2 Å². The van der Waals surface area contributed by atoms with Gasteiger partial charge in [-0.05, 0) is 22.3 Å². The molecule has 35 heavy (non-hydrogen) atoms. The van der Waals surface area contributed by atoms with Crippen molar-refractivity contribution in [3.05, 3.63) is 59.7 Å². The second-order valence-electron chi connectivity index (χ2n) is 8.66. The molecule has 3 N–H and O–H groups in total. The third-order valence-electron chi connectivity index (χ3n) is 6.47. The van der Waals surface area contributed by atoms with Crippen molar-refractivity contribution in [1.82, 2.24) is 10.6 Å². The molecule has 1 saturated heterocycles. The molecule has 1 fully saturated rings. The first-order valence-electron chi connectivity index (χ1n) is 11.8. The van der Waals surface area contributed by atoms with Crippen LogP contribution in [0.25, 0.3) is 11.1 Å². The van der Waals surface area contributed by atoms with Crippen molar-refractivity contribution in [3.63, 3.8) is 0 Å². The number of carboxylic acids is 1. The number of carbonyl (C=O) groups is 3. The van der Waals surface area contributed by atoms with Gasteiger partial charge in [0.05, 0.1) is 13.2 Å². The summed E-state index contributed by atoms with van der Waals surface area (Å²) in [5.74, 6) is -1.45. The third kappa shape index (κ3) is 5.80. The minimum absolute atomic E-state index is 0.00673. The smallest absolute Gasteiger partial charge is 0.407 e. The Balaban J connectivity index is 1.13. The van der Waals surface area contributed by atoms with Crippen LogP contribution in [0.3, 0.4) is 0 Å². The first-order chi connectivity index (χ1) is 17.0. The van der Waals surface area contributed by atoms with Gasteiger partial charge in [-0.2, -0.15) is 0 Å². The lowest BCUT2D eigenvalue weighted by Crippen LogP contribution is -2.57. The fourth-order valence-corrected chi connectivity index (χ4v) is 4.58. The highest BCUT2D eigenvalue weighted by atomic mass is 16.5. The molecule has 186 valence electrons. The van der Waals surface area contributed by atoms with Crippen molar-refractivity contribution in [2.45, 2.75) is 30.7 Å². The Kier molecular flexibility index (Phi) is 7.99. The number of rotatable bonds is 10. The molecule has 4 rings (SSSR count). The fourth-order valence-electron chi connectivity index (χ4n) is 4.58. The lowest BCUT2D eigenvalue weighted by molar-refractivity contribution is -0.152. The SMILES string of the molecule is O=C(CCOCCNC(=O)OCC1c2ccccc2-c2ccccc21)NC1(C(=O)O)CCOCC1. The van der Waals surface area contributed by atoms with Crippen LogP contribution in [0.5, 0.6) is 0 Å². The van der Waals surface area contributed by atoms with Crippen LogP contribution >= 0.6 is 0 Å². The predicted molar refractivity (Wildman–Crippen MR) is 127 cm³/mol. The van der Waals surface area contributed by atoms with Crippen LogP contribution < -0.4 is 10.6 Å². The molecule has 0 aromatic heterocycles. The van der Waals surface area contributed by atoms with Crippen LogP contribution in [0.2, 0.25) is 0 Å². The van der Waals surface area contributed by atoms with Gasteiger partial charge in [0, 0.05) is 44.9 Å². The van der Waals surface area contributed by atoms with E-state index in [1.807, 2.05) is 24.3 Å². The maximum atomic E-state index is 12.2. The van der Waals surface area contributed by atoms with E-state index in [-0.39, 0.29) is 51.5 Å². The zero-order valence-electron chi connectivity index (χ0n) is 19.5. The summed E-state index contributed by atoms with van der Waals surface area (Å²) >= 11 is 0. The van der Waals surface area contributed by atoms with Crippen LogP contribution in [0.15, 0.2) is 48.5 Å². The number of fused-ring (bicyclic) bond motifs is 3. The standard InChI is InChI=1S/C26H30N2O7/c29-23(28-26(24(30)31)10-14-34-15-11-26)9-13-33-16-12-27-25(32)35-17-22-20-7-3-1-5-18(20)19-6-2-4-8-21(19)22/h1-8,22H,9-17H2,(H,27,32)(H,28,29)(H,30,31). The van der Waals surface area contributed by atoms with E-state index in [1.54, 1.807) is 0 Å². The van der Waals surface area contributed by atoms with Crippen molar-refractivity contribution in [2.24, 2.45) is 0 Å². The number of benzene rings is 2. The number of hydrogen-bond acceptors (Lipinski definition) is 6. The second-order valence-corrected chi connectivity index (χ2v) is 8.66. The van der Waals surface area contributed by atoms with Gasteiger partial charge in [0.1, 0.15) is 12.1 Å². The number of carboxylic acid groups (broad SMARTS) is 1. The molecule has 2 aromatic rings. The molecule has 0 spiro atoms. The Morgan fingerprint density at radius 2 is 1.60 bits per heavy atom. The molecule has 2 amide bonds. The molecule has 0 atom stereocenters. The Bertz CT molecular complexity index is 1020. The molecule has 0 radical (unpaired) electrons. The van der Waals surface area contributed by atoms with Gasteiger partial charge in [0.15, 0.2) is 0 Å². The summed E-state index contributed by atoms with van der Waals surface area (Å²) in [6, 6.07) is 16.3. The molecule has 0 saturated carbocycles. The Hall–Kier alpha value is -3.43. The highest BCUT2D eigenvalue weighted by molar-refractivity contribution is 5.87. The normalized spacial score (nSPS) is 16.1. The maximum absolute atomic E-state index is 12.2. The van der Waals surface area contributed by atoms with Crippen molar-refractivity contribution < 1.29 is 33.7 Å². The van der Waals surface area contributed by atoms with Gasteiger partial charge in [0.2, 0.25) is 5.91 Å². The summed E-state index contributed by atoms with van der Waals surface area (Å²) in [4.78, 5) is 35.9. The lowest BCUT2D eigenvalue weighted by atomic mass is 9.90. The van der Waals surface area contributed by atoms with Gasteiger partial charge >= 0.3 is 12.1 Å². The number of hydrogen-bond donors (Lipinski definition) is 3. The Morgan fingerprint density at radius 3 is 2.23 bits per heavy atom. The number of carbonyl (C=O) groups excluding carboxylic acids is 2. The van der Waals surface area contributed by atoms with E-state index >= 15 is 0 Å². The van der Waals surface area contributed by atoms with Crippen LogP contribution in [0.1, 0.15) is 36.3 Å². The van der Waals surface area contributed by atoms with Gasteiger partial charge in [-0.3, -0.25) is 4.79 Å². The largest absolute Gasteiger partial charge is 0.480 e. The molecule has 0 bridgehead atoms. The van der Waals surface area contributed by atoms with Crippen LogP contribution in [-0.2, 0) is 23.8 Å². The van der Waals surface area contributed by atoms with Crippen molar-refractivity contribution >= 4 is 18.0 Å². The highest BCUT2D eigenvalue weighted by Crippen LogP contribution is 2.44. The van der Waals surface area contributed by atoms with E-state index in [9.17, 15) is 19.5 Å². The second kappa shape index (κ2) is 11.3. The van der Waals surface area contributed by atoms with E-state index in [4.69, 9.17) is 14.2 Å². The minimum Gasteiger partial charge on any atom is -0.480 e. The van der Waals surface area contributed by atoms with E-state index in [1.165, 1.54) is 11.1 Å². The van der Waals surface area contributed by atoms with Crippen LogP contribution in [0, 0.1) is 0 Å². The Labute approximate surface area is 203 Å². The van der Waals surface area contributed by atoms with E-state index in [0.717, 1.165) is 11.1 Å². The molecule has 1 aliphatic heterocycles. The summed E-state index contributed by atoms with van der Waals surface area (Å²) in [6.45, 7) is 1.38. The summed E-state index contributed by atoms with van der Waals surface area (Å²) in [5, 5.41) is 14.7. The van der Waals surface area contributed by atoms with Crippen molar-refractivity contribution in [1.29, 1.82) is 0 Å². The van der Waals surface area contributed by atoms with Crippen molar-refractivity contribution in [2.75, 3.05) is 39.6 Å². The van der Waals surface area contributed by atoms with Gasteiger partial charge in [-0.15, -0.1) is 0 Å². The number of amides is 2. The molecule has 1 aliphatic carbocycles. The number of alkyl carbamates (subject to hydrolysis) is 1. The lowest BCUT2D eigenvalue weighted by Gasteiger charge is -2.33. The first-order valence-corrected chi connectivity index (χ1v) is 11.8. The molecule has 2 aromatic carbocycles. The third-order valence-corrected chi connectivity index (χ3v) is 6.47. The molecular formula is C26H30N2O7. The summed E-state index contributed by atoms with van der Waals surface area (Å²) in [5.41, 5.74) is 3.35. The monoisotopic (exact) mass is 482 g/mol. The molecular weight excluding hydrogens is 452 g/mol. The topological polar surface area (TPSA) is 123 Å². The highest BCUT2D eigenvalue weighted by Gasteiger charge is 2.41. The summed E-state index contributed by atoms with van der Waals surface area (Å²) in [6.07, 6.45) is -0.0325. The van der Waals surface area contributed by atoms with Crippen LogP contribution in [-0.4, -0.2) is 68.2 Å². The van der Waals surface area contributed by atoms with Gasteiger partial charge < -0.3 is 30.0 Å². The Morgan fingerprint density at radius 1 is 0.971 bits per heavy atom. The zero-order chi connectivity index (χ0) is 24.7. The number of ether oxygens (including phenoxy) is 3.